The molecule has 0 spiro atoms. The second-order valence-electron chi connectivity index (χ2n) is 3.89. The lowest BCUT2D eigenvalue weighted by atomic mass is 10.0. The molecule has 2 rings (SSSR count). The first-order valence-electron chi connectivity index (χ1n) is 5.48. The average molecular weight is 238 g/mol. The van der Waals surface area contributed by atoms with Crippen LogP contribution in [0.25, 0.3) is 0 Å². The highest BCUT2D eigenvalue weighted by Gasteiger charge is 2.20. The zero-order valence-electron chi connectivity index (χ0n) is 8.93. The largest absolute Gasteiger partial charge is 0.476 e. The minimum absolute atomic E-state index is 0.0815. The highest BCUT2D eigenvalue weighted by atomic mass is 32.2. The van der Waals surface area contributed by atoms with Crippen molar-refractivity contribution in [3.05, 3.63) is 18.1 Å². The molecule has 0 unspecified atom stereocenters. The quantitative estimate of drug-likeness (QED) is 0.877. The summed E-state index contributed by atoms with van der Waals surface area (Å²) < 4.78 is 0. The van der Waals surface area contributed by atoms with E-state index in [2.05, 4.69) is 9.97 Å². The molecule has 0 aliphatic heterocycles. The normalized spacial score (nSPS) is 17.2. The van der Waals surface area contributed by atoms with Crippen LogP contribution in [0, 0.1) is 0 Å². The van der Waals surface area contributed by atoms with E-state index >= 15 is 0 Å². The van der Waals surface area contributed by atoms with E-state index in [1.54, 1.807) is 18.0 Å². The van der Waals surface area contributed by atoms with Crippen molar-refractivity contribution >= 4 is 17.7 Å². The van der Waals surface area contributed by atoms with E-state index in [1.165, 1.54) is 25.5 Å². The fourth-order valence-electron chi connectivity index (χ4n) is 1.90. The number of aromatic nitrogens is 2. The lowest BCUT2D eigenvalue weighted by Gasteiger charge is -2.20. The number of carboxylic acid groups (broad SMARTS) is 1. The SMILES string of the molecule is O=C(O)c1nccnc1SC1CCCCC1. The summed E-state index contributed by atoms with van der Waals surface area (Å²) in [5, 5.41) is 10.0. The molecule has 1 aliphatic rings. The topological polar surface area (TPSA) is 63.1 Å². The zero-order valence-corrected chi connectivity index (χ0v) is 9.74. The molecule has 1 aliphatic carbocycles. The van der Waals surface area contributed by atoms with Crippen LogP contribution >= 0.6 is 11.8 Å². The van der Waals surface area contributed by atoms with E-state index in [9.17, 15) is 4.79 Å². The second kappa shape index (κ2) is 5.30. The van der Waals surface area contributed by atoms with Crippen LogP contribution in [-0.4, -0.2) is 26.3 Å². The summed E-state index contributed by atoms with van der Waals surface area (Å²) in [6, 6.07) is 0. The van der Waals surface area contributed by atoms with E-state index in [4.69, 9.17) is 5.11 Å². The molecule has 1 saturated carbocycles. The summed E-state index contributed by atoms with van der Waals surface area (Å²) in [5.74, 6) is -0.994. The van der Waals surface area contributed by atoms with Gasteiger partial charge >= 0.3 is 5.97 Å². The van der Waals surface area contributed by atoms with Crippen LogP contribution in [0.2, 0.25) is 0 Å². The maximum Gasteiger partial charge on any atom is 0.357 e. The van der Waals surface area contributed by atoms with Gasteiger partial charge in [0.25, 0.3) is 0 Å². The van der Waals surface area contributed by atoms with Crippen LogP contribution in [0.15, 0.2) is 17.4 Å². The molecule has 1 N–H and O–H groups in total. The van der Waals surface area contributed by atoms with E-state index in [0.717, 1.165) is 12.8 Å². The van der Waals surface area contributed by atoms with Crippen LogP contribution in [0.5, 0.6) is 0 Å². The van der Waals surface area contributed by atoms with Gasteiger partial charge in [0, 0.05) is 17.6 Å². The first kappa shape index (κ1) is 11.4. The smallest absolute Gasteiger partial charge is 0.357 e. The van der Waals surface area contributed by atoms with Gasteiger partial charge in [-0.05, 0) is 12.8 Å². The maximum absolute atomic E-state index is 10.9. The van der Waals surface area contributed by atoms with Crippen molar-refractivity contribution in [3.8, 4) is 0 Å². The minimum atomic E-state index is -0.994. The third-order valence-electron chi connectivity index (χ3n) is 2.70. The summed E-state index contributed by atoms with van der Waals surface area (Å²) >= 11 is 1.57. The predicted octanol–water partition coefficient (Wildman–Crippen LogP) is 2.60. The number of hydrogen-bond donors (Lipinski definition) is 1. The Hall–Kier alpha value is -1.10. The third kappa shape index (κ3) is 2.72. The van der Waals surface area contributed by atoms with Gasteiger partial charge in [-0.1, -0.05) is 19.3 Å². The van der Waals surface area contributed by atoms with Crippen LogP contribution in [-0.2, 0) is 0 Å². The van der Waals surface area contributed by atoms with E-state index in [1.807, 2.05) is 0 Å². The molecule has 4 nitrogen and oxygen atoms in total. The first-order chi connectivity index (χ1) is 7.77. The van der Waals surface area contributed by atoms with Crippen molar-refractivity contribution in [2.45, 2.75) is 42.4 Å². The summed E-state index contributed by atoms with van der Waals surface area (Å²) in [6.07, 6.45) is 9.05. The van der Waals surface area contributed by atoms with Gasteiger partial charge in [-0.2, -0.15) is 0 Å². The van der Waals surface area contributed by atoms with Gasteiger partial charge in [-0.15, -0.1) is 11.8 Å². The van der Waals surface area contributed by atoms with Gasteiger partial charge in [-0.3, -0.25) is 0 Å². The summed E-state index contributed by atoms with van der Waals surface area (Å²) in [6.45, 7) is 0. The fraction of sp³-hybridized carbons (Fsp3) is 0.545. The Kier molecular flexibility index (Phi) is 3.77. The number of nitrogens with zero attached hydrogens (tertiary/aromatic N) is 2. The highest BCUT2D eigenvalue weighted by molar-refractivity contribution is 7.99. The summed E-state index contributed by atoms with van der Waals surface area (Å²) in [4.78, 5) is 18.9. The molecular formula is C11H14N2O2S. The number of carboxylic acids is 1. The third-order valence-corrected chi connectivity index (χ3v) is 4.02. The van der Waals surface area contributed by atoms with E-state index < -0.39 is 5.97 Å². The Morgan fingerprint density at radius 2 is 1.94 bits per heavy atom. The monoisotopic (exact) mass is 238 g/mol. The number of carbonyl (C=O) groups is 1. The molecule has 1 heterocycles. The van der Waals surface area contributed by atoms with Crippen LogP contribution in [0.4, 0.5) is 0 Å². The Labute approximate surface area is 98.5 Å². The van der Waals surface area contributed by atoms with Crippen molar-refractivity contribution in [2.75, 3.05) is 0 Å². The molecule has 86 valence electrons. The lowest BCUT2D eigenvalue weighted by Crippen LogP contribution is -2.11. The Bertz CT molecular complexity index is 378. The summed E-state index contributed by atoms with van der Waals surface area (Å²) in [5.41, 5.74) is 0.0815. The van der Waals surface area contributed by atoms with Gasteiger partial charge in [0.2, 0.25) is 0 Å². The zero-order chi connectivity index (χ0) is 11.4. The van der Waals surface area contributed by atoms with Crippen molar-refractivity contribution in [1.82, 2.24) is 9.97 Å². The molecule has 0 atom stereocenters. The number of thioether (sulfide) groups is 1. The molecule has 1 fully saturated rings. The average Bonchev–Trinajstić information content (AvgIpc) is 2.31. The molecule has 0 radical (unpaired) electrons. The Morgan fingerprint density at radius 3 is 2.62 bits per heavy atom. The van der Waals surface area contributed by atoms with Gasteiger partial charge in [0.1, 0.15) is 5.03 Å². The van der Waals surface area contributed by atoms with Gasteiger partial charge in [-0.25, -0.2) is 14.8 Å². The fourth-order valence-corrected chi connectivity index (χ4v) is 3.16. The molecule has 0 bridgehead atoms. The lowest BCUT2D eigenvalue weighted by molar-refractivity contribution is 0.0685. The molecule has 0 aromatic carbocycles. The minimum Gasteiger partial charge on any atom is -0.476 e. The summed E-state index contributed by atoms with van der Waals surface area (Å²) in [7, 11) is 0. The molecular weight excluding hydrogens is 224 g/mol. The first-order valence-corrected chi connectivity index (χ1v) is 6.36. The van der Waals surface area contributed by atoms with Crippen LogP contribution in [0.3, 0.4) is 0 Å². The molecule has 1 aromatic heterocycles. The van der Waals surface area contributed by atoms with Gasteiger partial charge < -0.3 is 5.11 Å². The maximum atomic E-state index is 10.9. The molecule has 0 amide bonds. The van der Waals surface area contributed by atoms with Crippen molar-refractivity contribution in [2.24, 2.45) is 0 Å². The number of aromatic carboxylic acids is 1. The highest BCUT2D eigenvalue weighted by Crippen LogP contribution is 2.33. The Morgan fingerprint density at radius 1 is 1.25 bits per heavy atom. The van der Waals surface area contributed by atoms with Crippen molar-refractivity contribution < 1.29 is 9.90 Å². The standard InChI is InChI=1S/C11H14N2O2S/c14-11(15)9-10(13-7-6-12-9)16-8-4-2-1-3-5-8/h6-8H,1-5H2,(H,14,15). The molecule has 1 aromatic rings. The predicted molar refractivity (Wildman–Crippen MR) is 61.7 cm³/mol. The van der Waals surface area contributed by atoms with Crippen molar-refractivity contribution in [3.63, 3.8) is 0 Å². The number of hydrogen-bond acceptors (Lipinski definition) is 4. The Balaban J connectivity index is 2.10. The van der Waals surface area contributed by atoms with Crippen LogP contribution in [0.1, 0.15) is 42.6 Å². The molecule has 16 heavy (non-hydrogen) atoms. The van der Waals surface area contributed by atoms with Gasteiger partial charge in [0.15, 0.2) is 5.69 Å². The van der Waals surface area contributed by atoms with Crippen molar-refractivity contribution in [1.29, 1.82) is 0 Å². The second-order valence-corrected chi connectivity index (χ2v) is 5.18. The number of rotatable bonds is 3. The van der Waals surface area contributed by atoms with Gasteiger partial charge in [0.05, 0.1) is 0 Å². The molecule has 5 heteroatoms. The van der Waals surface area contributed by atoms with E-state index in [0.29, 0.717) is 10.3 Å². The van der Waals surface area contributed by atoms with Crippen LogP contribution < -0.4 is 0 Å². The van der Waals surface area contributed by atoms with E-state index in [-0.39, 0.29) is 5.69 Å². The molecule has 0 saturated heterocycles.